The predicted molar refractivity (Wildman–Crippen MR) is 110 cm³/mol. The van der Waals surface area contributed by atoms with Crippen molar-refractivity contribution in [2.24, 2.45) is 4.99 Å². The molecule has 1 atom stereocenters. The maximum Gasteiger partial charge on any atom is 0.251 e. The van der Waals surface area contributed by atoms with E-state index >= 15 is 0 Å². The number of piperazine rings is 1. The largest absolute Gasteiger partial charge is 0.494 e. The maximum absolute atomic E-state index is 12.9. The van der Waals surface area contributed by atoms with E-state index in [0.717, 1.165) is 51.3 Å². The highest BCUT2D eigenvalue weighted by atomic mass is 19.1. The number of ether oxygens (including phenoxy) is 2. The lowest BCUT2D eigenvalue weighted by Gasteiger charge is -2.37. The lowest BCUT2D eigenvalue weighted by Crippen LogP contribution is -2.55. The summed E-state index contributed by atoms with van der Waals surface area (Å²) in [5, 5.41) is 3.39. The zero-order valence-corrected chi connectivity index (χ0v) is 17.1. The smallest absolute Gasteiger partial charge is 0.251 e. The van der Waals surface area contributed by atoms with E-state index in [0.29, 0.717) is 32.1 Å². The highest BCUT2D eigenvalue weighted by Gasteiger charge is 2.30. The number of hydrogen-bond acceptors (Lipinski definition) is 4. The summed E-state index contributed by atoms with van der Waals surface area (Å²) >= 11 is 0. The minimum absolute atomic E-state index is 0.131. The molecule has 1 aromatic carbocycles. The zero-order valence-electron chi connectivity index (χ0n) is 17.1. The molecule has 1 aromatic rings. The average molecular weight is 407 g/mol. The fourth-order valence-corrected chi connectivity index (χ4v) is 3.60. The molecule has 1 unspecified atom stereocenters. The number of carbonyl (C=O) groups is 1. The van der Waals surface area contributed by atoms with Crippen molar-refractivity contribution in [3.05, 3.63) is 30.1 Å². The zero-order chi connectivity index (χ0) is 20.5. The van der Waals surface area contributed by atoms with Gasteiger partial charge >= 0.3 is 0 Å². The van der Waals surface area contributed by atoms with E-state index in [1.807, 2.05) is 4.90 Å². The third-order valence-corrected chi connectivity index (χ3v) is 5.24. The number of nitrogens with zero attached hydrogens (tertiary/aromatic N) is 3. The number of rotatable bonds is 7. The van der Waals surface area contributed by atoms with Crippen molar-refractivity contribution in [2.75, 3.05) is 53.0 Å². The molecule has 160 valence electrons. The van der Waals surface area contributed by atoms with Gasteiger partial charge in [0.1, 0.15) is 17.7 Å². The Bertz CT molecular complexity index is 669. The molecule has 1 amide bonds. The SMILES string of the molecule is CN=C(NCCCCOc1ccc(F)cc1)N1CCN(C(=O)C2CCCO2)CC1. The first kappa shape index (κ1) is 21.4. The van der Waals surface area contributed by atoms with E-state index in [2.05, 4.69) is 15.2 Å². The van der Waals surface area contributed by atoms with Crippen LogP contribution in [0.2, 0.25) is 0 Å². The number of halogens is 1. The number of benzene rings is 1. The fourth-order valence-electron chi connectivity index (χ4n) is 3.60. The molecule has 0 aliphatic carbocycles. The summed E-state index contributed by atoms with van der Waals surface area (Å²) < 4.78 is 24.0. The molecule has 2 aliphatic heterocycles. The summed E-state index contributed by atoms with van der Waals surface area (Å²) in [6, 6.07) is 6.07. The van der Waals surface area contributed by atoms with Crippen LogP contribution >= 0.6 is 0 Å². The van der Waals surface area contributed by atoms with Crippen molar-refractivity contribution < 1.29 is 18.7 Å². The lowest BCUT2D eigenvalue weighted by molar-refractivity contribution is -0.142. The van der Waals surface area contributed by atoms with Gasteiger partial charge in [0.2, 0.25) is 0 Å². The quantitative estimate of drug-likeness (QED) is 0.426. The van der Waals surface area contributed by atoms with Crippen LogP contribution in [0.5, 0.6) is 5.75 Å². The molecule has 1 N–H and O–H groups in total. The highest BCUT2D eigenvalue weighted by Crippen LogP contribution is 2.16. The van der Waals surface area contributed by atoms with Gasteiger partial charge < -0.3 is 24.6 Å². The molecule has 0 spiro atoms. The van der Waals surface area contributed by atoms with E-state index < -0.39 is 0 Å². The first-order valence-corrected chi connectivity index (χ1v) is 10.4. The number of unbranched alkanes of at least 4 members (excludes halogenated alkanes) is 1. The minimum atomic E-state index is -0.259. The van der Waals surface area contributed by atoms with Crippen molar-refractivity contribution in [3.63, 3.8) is 0 Å². The van der Waals surface area contributed by atoms with Crippen molar-refractivity contribution >= 4 is 11.9 Å². The molecular formula is C21H31FN4O3. The molecule has 2 aliphatic rings. The van der Waals surface area contributed by atoms with Gasteiger partial charge in [0.15, 0.2) is 5.96 Å². The third-order valence-electron chi connectivity index (χ3n) is 5.24. The van der Waals surface area contributed by atoms with E-state index in [1.165, 1.54) is 12.1 Å². The molecule has 0 bridgehead atoms. The average Bonchev–Trinajstić information content (AvgIpc) is 3.29. The van der Waals surface area contributed by atoms with Gasteiger partial charge in [0.25, 0.3) is 5.91 Å². The lowest BCUT2D eigenvalue weighted by atomic mass is 10.2. The van der Waals surface area contributed by atoms with E-state index in [9.17, 15) is 9.18 Å². The van der Waals surface area contributed by atoms with Crippen LogP contribution in [0, 0.1) is 5.82 Å². The van der Waals surface area contributed by atoms with Gasteiger partial charge in [-0.1, -0.05) is 0 Å². The monoisotopic (exact) mass is 406 g/mol. The molecule has 0 radical (unpaired) electrons. The normalized spacial score (nSPS) is 20.1. The van der Waals surface area contributed by atoms with Crippen LogP contribution in [-0.2, 0) is 9.53 Å². The molecule has 2 fully saturated rings. The molecule has 0 aromatic heterocycles. The summed E-state index contributed by atoms with van der Waals surface area (Å²) in [5.74, 6) is 1.43. The summed E-state index contributed by atoms with van der Waals surface area (Å²) in [6.07, 6.45) is 3.41. The Morgan fingerprint density at radius 3 is 2.59 bits per heavy atom. The molecule has 2 heterocycles. The molecule has 8 heteroatoms. The van der Waals surface area contributed by atoms with Crippen molar-refractivity contribution in [1.29, 1.82) is 0 Å². The molecule has 2 saturated heterocycles. The van der Waals surface area contributed by atoms with Crippen molar-refractivity contribution in [2.45, 2.75) is 31.8 Å². The number of nitrogens with one attached hydrogen (secondary N) is 1. The maximum atomic E-state index is 12.9. The Hall–Kier alpha value is -2.35. The van der Waals surface area contributed by atoms with Crippen LogP contribution < -0.4 is 10.1 Å². The highest BCUT2D eigenvalue weighted by molar-refractivity contribution is 5.82. The van der Waals surface area contributed by atoms with E-state index in [1.54, 1.807) is 19.2 Å². The van der Waals surface area contributed by atoms with E-state index in [-0.39, 0.29) is 17.8 Å². The second-order valence-corrected chi connectivity index (χ2v) is 7.30. The Morgan fingerprint density at radius 1 is 1.21 bits per heavy atom. The van der Waals surface area contributed by atoms with Gasteiger partial charge in [-0.2, -0.15) is 0 Å². The summed E-state index contributed by atoms with van der Waals surface area (Å²) in [7, 11) is 1.78. The minimum Gasteiger partial charge on any atom is -0.494 e. The first-order valence-electron chi connectivity index (χ1n) is 10.4. The molecule has 7 nitrogen and oxygen atoms in total. The van der Waals surface area contributed by atoms with Crippen LogP contribution in [-0.4, -0.2) is 80.8 Å². The van der Waals surface area contributed by atoms with Gasteiger partial charge in [-0.25, -0.2) is 4.39 Å². The molecule has 29 heavy (non-hydrogen) atoms. The van der Waals surface area contributed by atoms with Gasteiger partial charge in [0.05, 0.1) is 6.61 Å². The second-order valence-electron chi connectivity index (χ2n) is 7.30. The fraction of sp³-hybridized carbons (Fsp3) is 0.619. The third kappa shape index (κ3) is 6.32. The predicted octanol–water partition coefficient (Wildman–Crippen LogP) is 1.88. The second kappa shape index (κ2) is 11.0. The number of aliphatic imine (C=N–C) groups is 1. The van der Waals surface area contributed by atoms with Gasteiger partial charge in [-0.15, -0.1) is 0 Å². The van der Waals surface area contributed by atoms with Crippen LogP contribution in [0.3, 0.4) is 0 Å². The van der Waals surface area contributed by atoms with Crippen LogP contribution in [0.25, 0.3) is 0 Å². The molecular weight excluding hydrogens is 375 g/mol. The van der Waals surface area contributed by atoms with Gasteiger partial charge in [0, 0.05) is 46.4 Å². The first-order chi connectivity index (χ1) is 14.2. The molecule has 0 saturated carbocycles. The number of amides is 1. The number of hydrogen-bond donors (Lipinski definition) is 1. The Kier molecular flexibility index (Phi) is 8.10. The summed E-state index contributed by atoms with van der Waals surface area (Å²) in [4.78, 5) is 20.9. The van der Waals surface area contributed by atoms with Crippen LogP contribution in [0.4, 0.5) is 4.39 Å². The summed E-state index contributed by atoms with van der Waals surface area (Å²) in [6.45, 7) is 5.03. The van der Waals surface area contributed by atoms with E-state index in [4.69, 9.17) is 9.47 Å². The topological polar surface area (TPSA) is 66.4 Å². The molecule has 3 rings (SSSR count). The standard InChI is InChI=1S/C21H31FN4O3/c1-23-21(24-10-2-3-15-28-18-8-6-17(22)7-9-18)26-13-11-25(12-14-26)20(27)19-5-4-16-29-19/h6-9,19H,2-5,10-16H2,1H3,(H,23,24). The number of guanidine groups is 1. The van der Waals surface area contributed by atoms with Crippen LogP contribution in [0.15, 0.2) is 29.3 Å². The summed E-state index contributed by atoms with van der Waals surface area (Å²) in [5.41, 5.74) is 0. The number of carbonyl (C=O) groups excluding carboxylic acids is 1. The van der Waals surface area contributed by atoms with Crippen molar-refractivity contribution in [3.8, 4) is 5.75 Å². The van der Waals surface area contributed by atoms with Gasteiger partial charge in [-0.05, 0) is 49.9 Å². The Labute approximate surface area is 171 Å². The van der Waals surface area contributed by atoms with Gasteiger partial charge in [-0.3, -0.25) is 9.79 Å². The van der Waals surface area contributed by atoms with Crippen molar-refractivity contribution in [1.82, 2.24) is 15.1 Å². The Balaban J connectivity index is 1.30. The van der Waals surface area contributed by atoms with Crippen LogP contribution in [0.1, 0.15) is 25.7 Å². The Morgan fingerprint density at radius 2 is 1.93 bits per heavy atom.